The first-order valence-electron chi connectivity index (χ1n) is 7.09. The third kappa shape index (κ3) is 4.53. The third-order valence-electron chi connectivity index (χ3n) is 3.48. The molecule has 100 valence electrons. The van der Waals surface area contributed by atoms with E-state index in [1.807, 2.05) is 0 Å². The molecule has 0 fully saturated rings. The first kappa shape index (κ1) is 13.8. The predicted octanol–water partition coefficient (Wildman–Crippen LogP) is 4.28. The molecule has 2 aromatic rings. The molecule has 19 heavy (non-hydrogen) atoms. The Morgan fingerprint density at radius 3 is 2.53 bits per heavy atom. The molecule has 0 saturated carbocycles. The van der Waals surface area contributed by atoms with E-state index >= 15 is 0 Å². The molecule has 2 rings (SSSR count). The maximum Gasteiger partial charge on any atom is 0.0291 e. The van der Waals surface area contributed by atoms with Gasteiger partial charge in [0.1, 0.15) is 0 Å². The maximum absolute atomic E-state index is 3.60. The molecule has 1 nitrogen and oxygen atoms in total. The van der Waals surface area contributed by atoms with Crippen molar-refractivity contribution in [1.82, 2.24) is 5.32 Å². The molecule has 0 spiro atoms. The summed E-state index contributed by atoms with van der Waals surface area (Å²) < 4.78 is 0. The maximum atomic E-state index is 3.60. The number of aryl methyl sites for hydroxylation is 2. The fourth-order valence-corrected chi connectivity index (χ4v) is 2.31. The van der Waals surface area contributed by atoms with Gasteiger partial charge in [-0.05, 0) is 44.4 Å². The number of hydrogen-bond acceptors (Lipinski definition) is 1. The summed E-state index contributed by atoms with van der Waals surface area (Å²) in [4.78, 5) is 0. The Morgan fingerprint density at radius 2 is 1.79 bits per heavy atom. The van der Waals surface area contributed by atoms with Crippen LogP contribution >= 0.6 is 0 Å². The second kappa shape index (κ2) is 7.10. The quantitative estimate of drug-likeness (QED) is 0.758. The van der Waals surface area contributed by atoms with Gasteiger partial charge in [0.05, 0.1) is 0 Å². The highest BCUT2D eigenvalue weighted by Crippen LogP contribution is 2.13. The summed E-state index contributed by atoms with van der Waals surface area (Å²) >= 11 is 0. The van der Waals surface area contributed by atoms with E-state index in [1.54, 1.807) is 0 Å². The normalized spacial score (nSPS) is 12.3. The summed E-state index contributed by atoms with van der Waals surface area (Å²) in [5, 5.41) is 3.60. The van der Waals surface area contributed by atoms with Crippen molar-refractivity contribution >= 4 is 0 Å². The molecule has 1 heteroatoms. The van der Waals surface area contributed by atoms with Crippen LogP contribution in [-0.4, -0.2) is 6.54 Å². The number of hydrogen-bond donors (Lipinski definition) is 1. The minimum Gasteiger partial charge on any atom is -0.310 e. The lowest BCUT2D eigenvalue weighted by molar-refractivity contribution is 0.558. The molecule has 0 heterocycles. The highest BCUT2D eigenvalue weighted by atomic mass is 14.9. The first-order chi connectivity index (χ1) is 9.25. The molecule has 0 aliphatic heterocycles. The van der Waals surface area contributed by atoms with Crippen LogP contribution in [0.5, 0.6) is 0 Å². The van der Waals surface area contributed by atoms with Crippen molar-refractivity contribution in [2.45, 2.75) is 32.7 Å². The highest BCUT2D eigenvalue weighted by Gasteiger charge is 2.03. The topological polar surface area (TPSA) is 12.0 Å². The zero-order valence-corrected chi connectivity index (χ0v) is 11.9. The molecule has 0 bridgehead atoms. The Labute approximate surface area is 116 Å². The van der Waals surface area contributed by atoms with Gasteiger partial charge in [-0.15, -0.1) is 0 Å². The van der Waals surface area contributed by atoms with Gasteiger partial charge in [-0.3, -0.25) is 0 Å². The van der Waals surface area contributed by atoms with E-state index in [-0.39, 0.29) is 0 Å². The van der Waals surface area contributed by atoms with Crippen LogP contribution in [0.15, 0.2) is 54.6 Å². The summed E-state index contributed by atoms with van der Waals surface area (Å²) in [6, 6.07) is 19.8. The van der Waals surface area contributed by atoms with Crippen LogP contribution in [0.2, 0.25) is 0 Å². The molecule has 0 aliphatic rings. The van der Waals surface area contributed by atoms with E-state index in [4.69, 9.17) is 0 Å². The molecule has 0 saturated heterocycles. The van der Waals surface area contributed by atoms with E-state index < -0.39 is 0 Å². The smallest absolute Gasteiger partial charge is 0.0291 e. The van der Waals surface area contributed by atoms with E-state index in [0.717, 1.165) is 13.0 Å². The Hall–Kier alpha value is -1.60. The van der Waals surface area contributed by atoms with Gasteiger partial charge in [0.15, 0.2) is 0 Å². The molecule has 1 unspecified atom stereocenters. The average Bonchev–Trinajstić information content (AvgIpc) is 2.44. The van der Waals surface area contributed by atoms with Crippen LogP contribution in [0.4, 0.5) is 0 Å². The second-order valence-corrected chi connectivity index (χ2v) is 5.18. The van der Waals surface area contributed by atoms with Gasteiger partial charge in [-0.2, -0.15) is 0 Å². The minimum atomic E-state index is 0.427. The van der Waals surface area contributed by atoms with E-state index in [1.165, 1.54) is 23.1 Å². The average molecular weight is 253 g/mol. The van der Waals surface area contributed by atoms with Crippen molar-refractivity contribution in [2.24, 2.45) is 0 Å². The number of benzene rings is 2. The zero-order valence-electron chi connectivity index (χ0n) is 11.9. The Kier molecular flexibility index (Phi) is 5.17. The highest BCUT2D eigenvalue weighted by molar-refractivity contribution is 5.24. The lowest BCUT2D eigenvalue weighted by Gasteiger charge is -2.14. The molecule has 1 N–H and O–H groups in total. The van der Waals surface area contributed by atoms with Crippen LogP contribution in [0.1, 0.15) is 36.1 Å². The van der Waals surface area contributed by atoms with Gasteiger partial charge >= 0.3 is 0 Å². The van der Waals surface area contributed by atoms with Crippen molar-refractivity contribution < 1.29 is 0 Å². The summed E-state index contributed by atoms with van der Waals surface area (Å²) in [5.41, 5.74) is 4.13. The van der Waals surface area contributed by atoms with Crippen LogP contribution in [0.25, 0.3) is 0 Å². The number of rotatable bonds is 6. The monoisotopic (exact) mass is 253 g/mol. The van der Waals surface area contributed by atoms with Gasteiger partial charge in [-0.1, -0.05) is 60.2 Å². The van der Waals surface area contributed by atoms with E-state index in [2.05, 4.69) is 73.8 Å². The van der Waals surface area contributed by atoms with Gasteiger partial charge in [0.2, 0.25) is 0 Å². The van der Waals surface area contributed by atoms with Gasteiger partial charge in [0, 0.05) is 6.04 Å². The van der Waals surface area contributed by atoms with Gasteiger partial charge < -0.3 is 5.32 Å². The molecule has 1 atom stereocenters. The van der Waals surface area contributed by atoms with Crippen LogP contribution in [0.3, 0.4) is 0 Å². The molecule has 2 aromatic carbocycles. The van der Waals surface area contributed by atoms with E-state index in [0.29, 0.717) is 6.04 Å². The van der Waals surface area contributed by atoms with Crippen molar-refractivity contribution in [2.75, 3.05) is 6.54 Å². The lowest BCUT2D eigenvalue weighted by Crippen LogP contribution is -2.20. The van der Waals surface area contributed by atoms with Crippen LogP contribution in [-0.2, 0) is 6.42 Å². The summed E-state index contributed by atoms with van der Waals surface area (Å²) in [6.07, 6.45) is 2.33. The zero-order chi connectivity index (χ0) is 13.5. The Balaban J connectivity index is 1.74. The SMILES string of the molecule is Cc1cccc(C(C)NCCCc2ccccc2)c1. The largest absolute Gasteiger partial charge is 0.310 e. The predicted molar refractivity (Wildman–Crippen MR) is 82.4 cm³/mol. The summed E-state index contributed by atoms with van der Waals surface area (Å²) in [5.74, 6) is 0. The van der Waals surface area contributed by atoms with Crippen LogP contribution in [0, 0.1) is 6.92 Å². The fraction of sp³-hybridized carbons (Fsp3) is 0.333. The van der Waals surface area contributed by atoms with Crippen molar-refractivity contribution in [3.8, 4) is 0 Å². The second-order valence-electron chi connectivity index (χ2n) is 5.18. The molecule has 0 radical (unpaired) electrons. The first-order valence-corrected chi connectivity index (χ1v) is 7.09. The van der Waals surface area contributed by atoms with Crippen LogP contribution < -0.4 is 5.32 Å². The molecule has 0 aliphatic carbocycles. The Bertz CT molecular complexity index is 490. The number of nitrogens with one attached hydrogen (secondary N) is 1. The molecular weight excluding hydrogens is 230 g/mol. The standard InChI is InChI=1S/C18H23N/c1-15-8-6-12-18(14-15)16(2)19-13-7-11-17-9-4-3-5-10-17/h3-6,8-10,12,14,16,19H,7,11,13H2,1-2H3. The summed E-state index contributed by atoms with van der Waals surface area (Å²) in [7, 11) is 0. The minimum absolute atomic E-state index is 0.427. The van der Waals surface area contributed by atoms with Gasteiger partial charge in [0.25, 0.3) is 0 Å². The molecule has 0 aromatic heterocycles. The van der Waals surface area contributed by atoms with Crippen molar-refractivity contribution in [3.63, 3.8) is 0 Å². The molecule has 0 amide bonds. The lowest BCUT2D eigenvalue weighted by atomic mass is 10.1. The summed E-state index contributed by atoms with van der Waals surface area (Å²) in [6.45, 7) is 5.44. The molecular formula is C18H23N. The third-order valence-corrected chi connectivity index (χ3v) is 3.48. The van der Waals surface area contributed by atoms with Crippen molar-refractivity contribution in [1.29, 1.82) is 0 Å². The fourth-order valence-electron chi connectivity index (χ4n) is 2.31. The Morgan fingerprint density at radius 1 is 1.00 bits per heavy atom. The van der Waals surface area contributed by atoms with Gasteiger partial charge in [-0.25, -0.2) is 0 Å². The van der Waals surface area contributed by atoms with E-state index in [9.17, 15) is 0 Å². The van der Waals surface area contributed by atoms with Crippen molar-refractivity contribution in [3.05, 3.63) is 71.3 Å².